The van der Waals surface area contributed by atoms with Crippen molar-refractivity contribution in [3.63, 3.8) is 0 Å². The Kier molecular flexibility index (Phi) is 11.3. The van der Waals surface area contributed by atoms with Gasteiger partial charge in [0.15, 0.2) is 5.78 Å². The fourth-order valence-electron chi connectivity index (χ4n) is 1.00. The van der Waals surface area contributed by atoms with E-state index in [9.17, 15) is 4.79 Å². The van der Waals surface area contributed by atoms with Crippen LogP contribution in [0, 0.1) is 5.92 Å². The van der Waals surface area contributed by atoms with Crippen LogP contribution >= 0.6 is 0 Å². The molecule has 0 fully saturated rings. The zero-order valence-electron chi connectivity index (χ0n) is 11.2. The number of ether oxygens (including phenoxy) is 2. The lowest BCUT2D eigenvalue weighted by atomic mass is 10.1. The Bertz CT molecular complexity index is 215. The zero-order valence-corrected chi connectivity index (χ0v) is 11.2. The minimum Gasteiger partial charge on any atom is -0.376 e. The Labute approximate surface area is 104 Å². The summed E-state index contributed by atoms with van der Waals surface area (Å²) in [6, 6.07) is 0. The molecule has 0 amide bonds. The van der Waals surface area contributed by atoms with Crippen LogP contribution in [0.25, 0.3) is 0 Å². The second-order valence-electron chi connectivity index (χ2n) is 4.04. The van der Waals surface area contributed by atoms with E-state index < -0.39 is 0 Å². The van der Waals surface area contributed by atoms with Crippen LogP contribution in [0.3, 0.4) is 0 Å². The number of carbonyl (C=O) groups is 1. The van der Waals surface area contributed by atoms with Crippen LogP contribution in [0.5, 0.6) is 0 Å². The first-order valence-corrected chi connectivity index (χ1v) is 6.22. The minimum absolute atomic E-state index is 0.0494. The quantitative estimate of drug-likeness (QED) is 0.440. The number of ketones is 1. The summed E-state index contributed by atoms with van der Waals surface area (Å²) in [5.74, 6) is 0.189. The van der Waals surface area contributed by atoms with E-state index in [4.69, 9.17) is 9.47 Å². The predicted molar refractivity (Wildman–Crippen MR) is 69.2 cm³/mol. The largest absolute Gasteiger partial charge is 0.376 e. The molecule has 0 unspecified atom stereocenters. The van der Waals surface area contributed by atoms with E-state index in [0.29, 0.717) is 19.8 Å². The van der Waals surface area contributed by atoms with E-state index in [-0.39, 0.29) is 18.3 Å². The first-order chi connectivity index (χ1) is 8.18. The molecule has 0 bridgehead atoms. The number of nitrogens with one attached hydrogen (secondary N) is 1. The van der Waals surface area contributed by atoms with Crippen molar-refractivity contribution in [1.29, 1.82) is 0 Å². The van der Waals surface area contributed by atoms with Gasteiger partial charge in [-0.05, 0) is 6.54 Å². The molecule has 0 saturated heterocycles. The summed E-state index contributed by atoms with van der Waals surface area (Å²) in [5.41, 5.74) is 0. The summed E-state index contributed by atoms with van der Waals surface area (Å²) in [5, 5.41) is 3.17. The van der Waals surface area contributed by atoms with Crippen molar-refractivity contribution in [2.24, 2.45) is 5.92 Å². The number of rotatable bonds is 11. The molecule has 100 valence electrons. The molecule has 0 aliphatic carbocycles. The van der Waals surface area contributed by atoms with E-state index in [1.54, 1.807) is 0 Å². The SMILES string of the molecule is CCNCCOC/C=C\COCC(=O)C(C)C. The van der Waals surface area contributed by atoms with E-state index >= 15 is 0 Å². The molecule has 0 aliphatic rings. The van der Waals surface area contributed by atoms with Gasteiger partial charge >= 0.3 is 0 Å². The van der Waals surface area contributed by atoms with E-state index in [1.165, 1.54) is 0 Å². The summed E-state index contributed by atoms with van der Waals surface area (Å²) in [6.45, 7) is 9.63. The summed E-state index contributed by atoms with van der Waals surface area (Å²) >= 11 is 0. The number of likely N-dealkylation sites (N-methyl/N-ethyl adjacent to an activating group) is 1. The van der Waals surface area contributed by atoms with Crippen molar-refractivity contribution in [3.05, 3.63) is 12.2 Å². The third-order valence-electron chi connectivity index (χ3n) is 2.16. The van der Waals surface area contributed by atoms with Gasteiger partial charge in [-0.2, -0.15) is 0 Å². The number of hydrogen-bond donors (Lipinski definition) is 1. The summed E-state index contributed by atoms with van der Waals surface area (Å²) < 4.78 is 10.5. The number of Topliss-reactive ketones (excluding diaryl/α,β-unsaturated/α-hetero) is 1. The van der Waals surface area contributed by atoms with Gasteiger partial charge in [-0.3, -0.25) is 4.79 Å². The van der Waals surface area contributed by atoms with Crippen LogP contribution in [-0.2, 0) is 14.3 Å². The van der Waals surface area contributed by atoms with Gasteiger partial charge in [0.2, 0.25) is 0 Å². The van der Waals surface area contributed by atoms with E-state index in [0.717, 1.165) is 13.1 Å². The van der Waals surface area contributed by atoms with E-state index in [1.807, 2.05) is 26.0 Å². The van der Waals surface area contributed by atoms with Crippen LogP contribution in [0.2, 0.25) is 0 Å². The van der Waals surface area contributed by atoms with Gasteiger partial charge in [0.25, 0.3) is 0 Å². The summed E-state index contributed by atoms with van der Waals surface area (Å²) in [6.07, 6.45) is 3.78. The Morgan fingerprint density at radius 1 is 1.24 bits per heavy atom. The highest BCUT2D eigenvalue weighted by Crippen LogP contribution is 1.94. The van der Waals surface area contributed by atoms with Gasteiger partial charge in [0, 0.05) is 12.5 Å². The van der Waals surface area contributed by atoms with Gasteiger partial charge in [-0.15, -0.1) is 0 Å². The van der Waals surface area contributed by atoms with Gasteiger partial charge in [-0.1, -0.05) is 32.9 Å². The Morgan fingerprint density at radius 2 is 1.88 bits per heavy atom. The van der Waals surface area contributed by atoms with E-state index in [2.05, 4.69) is 12.2 Å². The first kappa shape index (κ1) is 16.3. The molecule has 0 spiro atoms. The molecule has 0 radical (unpaired) electrons. The molecule has 0 aromatic carbocycles. The van der Waals surface area contributed by atoms with Gasteiger partial charge in [-0.25, -0.2) is 0 Å². The van der Waals surface area contributed by atoms with Gasteiger partial charge in [0.1, 0.15) is 6.61 Å². The lowest BCUT2D eigenvalue weighted by Gasteiger charge is -2.03. The summed E-state index contributed by atoms with van der Waals surface area (Å²) in [7, 11) is 0. The van der Waals surface area contributed by atoms with Crippen molar-refractivity contribution in [2.75, 3.05) is 39.5 Å². The maximum Gasteiger partial charge on any atom is 0.160 e. The molecule has 0 saturated carbocycles. The normalized spacial score (nSPS) is 11.5. The monoisotopic (exact) mass is 243 g/mol. The number of carbonyl (C=O) groups excluding carboxylic acids is 1. The lowest BCUT2D eigenvalue weighted by molar-refractivity contribution is -0.126. The highest BCUT2D eigenvalue weighted by atomic mass is 16.5. The maximum absolute atomic E-state index is 11.2. The third kappa shape index (κ3) is 11.6. The Balaban J connectivity index is 3.23. The average molecular weight is 243 g/mol. The standard InChI is InChI=1S/C13H25NO3/c1-4-14-7-10-16-8-5-6-9-17-11-13(15)12(2)3/h5-6,12,14H,4,7-11H2,1-3H3/b6-5-. The molecule has 1 N–H and O–H groups in total. The van der Waals surface area contributed by atoms with Crippen LogP contribution in [0.4, 0.5) is 0 Å². The second kappa shape index (κ2) is 11.8. The fourth-order valence-corrected chi connectivity index (χ4v) is 1.00. The fraction of sp³-hybridized carbons (Fsp3) is 0.769. The predicted octanol–water partition coefficient (Wildman–Crippen LogP) is 1.41. The first-order valence-electron chi connectivity index (χ1n) is 6.22. The average Bonchev–Trinajstić information content (AvgIpc) is 2.31. The van der Waals surface area contributed by atoms with Crippen LogP contribution in [-0.4, -0.2) is 45.3 Å². The molecule has 0 aromatic rings. The third-order valence-corrected chi connectivity index (χ3v) is 2.16. The molecule has 0 rings (SSSR count). The van der Waals surface area contributed by atoms with Crippen LogP contribution < -0.4 is 5.32 Å². The second-order valence-corrected chi connectivity index (χ2v) is 4.04. The van der Waals surface area contributed by atoms with Crippen LogP contribution in [0.1, 0.15) is 20.8 Å². The molecule has 0 heterocycles. The molecular formula is C13H25NO3. The molecular weight excluding hydrogens is 218 g/mol. The molecule has 4 nitrogen and oxygen atoms in total. The Hall–Kier alpha value is -0.710. The Morgan fingerprint density at radius 3 is 2.47 bits per heavy atom. The smallest absolute Gasteiger partial charge is 0.160 e. The number of hydrogen-bond acceptors (Lipinski definition) is 4. The highest BCUT2D eigenvalue weighted by molar-refractivity contribution is 5.81. The topological polar surface area (TPSA) is 47.6 Å². The van der Waals surface area contributed by atoms with Gasteiger partial charge < -0.3 is 14.8 Å². The van der Waals surface area contributed by atoms with Crippen molar-refractivity contribution in [2.45, 2.75) is 20.8 Å². The minimum atomic E-state index is 0.0494. The van der Waals surface area contributed by atoms with Gasteiger partial charge in [0.05, 0.1) is 19.8 Å². The maximum atomic E-state index is 11.2. The summed E-state index contributed by atoms with van der Waals surface area (Å²) in [4.78, 5) is 11.2. The molecule has 17 heavy (non-hydrogen) atoms. The molecule has 0 aliphatic heterocycles. The van der Waals surface area contributed by atoms with Crippen LogP contribution in [0.15, 0.2) is 12.2 Å². The zero-order chi connectivity index (χ0) is 12.9. The molecule has 4 heteroatoms. The highest BCUT2D eigenvalue weighted by Gasteiger charge is 2.05. The van der Waals surface area contributed by atoms with Crippen molar-refractivity contribution < 1.29 is 14.3 Å². The van der Waals surface area contributed by atoms with Crippen molar-refractivity contribution in [3.8, 4) is 0 Å². The molecule has 0 atom stereocenters. The molecule has 0 aromatic heterocycles. The van der Waals surface area contributed by atoms with Crippen molar-refractivity contribution >= 4 is 5.78 Å². The van der Waals surface area contributed by atoms with Crippen molar-refractivity contribution in [1.82, 2.24) is 5.32 Å². The lowest BCUT2D eigenvalue weighted by Crippen LogP contribution is -2.18.